The molecule has 5 atom stereocenters. The van der Waals surface area contributed by atoms with Gasteiger partial charge in [-0.3, -0.25) is 10.00 Å². The second-order valence-corrected chi connectivity index (χ2v) is 16.8. The molecule has 2 N–H and O–H groups in total. The highest BCUT2D eigenvalue weighted by atomic mass is 35.5. The zero-order valence-electron chi connectivity index (χ0n) is 30.8. The zero-order chi connectivity index (χ0) is 36.5. The fourth-order valence-corrected chi connectivity index (χ4v) is 10.0. The normalized spacial score (nSPS) is 29.1. The first-order chi connectivity index (χ1) is 25.7. The number of fused-ring (bicyclic) bond motifs is 3. The molecule has 53 heavy (non-hydrogen) atoms. The molecule has 4 aromatic rings. The number of likely N-dealkylation sites (tertiary alicyclic amines) is 1. The molecule has 0 unspecified atom stereocenters. The van der Waals surface area contributed by atoms with Crippen LogP contribution in [0.1, 0.15) is 69.8 Å². The van der Waals surface area contributed by atoms with E-state index in [4.69, 9.17) is 45.5 Å². The summed E-state index contributed by atoms with van der Waals surface area (Å²) >= 11 is 6.88. The number of piperidine rings is 1. The minimum absolute atomic E-state index is 0.0328. The van der Waals surface area contributed by atoms with Crippen LogP contribution in [0.3, 0.4) is 0 Å². The van der Waals surface area contributed by atoms with Gasteiger partial charge in [0.25, 0.3) is 0 Å². The molecule has 3 saturated carbocycles. The van der Waals surface area contributed by atoms with Gasteiger partial charge in [0.15, 0.2) is 5.82 Å². The maximum absolute atomic E-state index is 17.5. The van der Waals surface area contributed by atoms with Crippen molar-refractivity contribution in [2.75, 3.05) is 71.7 Å². The third-order valence-electron chi connectivity index (χ3n) is 12.4. The number of nitrogens with zero attached hydrogens (tertiary/aromatic N) is 6. The van der Waals surface area contributed by atoms with Gasteiger partial charge in [0, 0.05) is 54.2 Å². The molecule has 14 heteroatoms. The van der Waals surface area contributed by atoms with Crippen molar-refractivity contribution in [1.29, 1.82) is 0 Å². The Morgan fingerprint density at radius 2 is 1.96 bits per heavy atom. The van der Waals surface area contributed by atoms with Gasteiger partial charge in [0.05, 0.1) is 45.2 Å². The molecule has 5 heterocycles. The van der Waals surface area contributed by atoms with Gasteiger partial charge in [-0.2, -0.15) is 15.1 Å². The van der Waals surface area contributed by atoms with E-state index in [0.717, 1.165) is 75.6 Å². The Morgan fingerprint density at radius 1 is 1.11 bits per heavy atom. The van der Waals surface area contributed by atoms with Crippen LogP contribution in [-0.4, -0.2) is 114 Å². The molecule has 2 aliphatic heterocycles. The second kappa shape index (κ2) is 13.7. The van der Waals surface area contributed by atoms with E-state index in [2.05, 4.69) is 15.1 Å². The predicted octanol–water partition coefficient (Wildman–Crippen LogP) is 6.13. The number of hydrogen-bond acceptors (Lipinski definition) is 11. The van der Waals surface area contributed by atoms with Crippen molar-refractivity contribution in [2.45, 2.75) is 75.9 Å². The van der Waals surface area contributed by atoms with Gasteiger partial charge in [-0.15, -0.1) is 0 Å². The molecule has 284 valence electrons. The lowest BCUT2D eigenvalue weighted by Crippen LogP contribution is -2.52. The van der Waals surface area contributed by atoms with Crippen LogP contribution >= 0.6 is 11.6 Å². The topological polar surface area (TPSA) is 131 Å². The lowest BCUT2D eigenvalue weighted by molar-refractivity contribution is -0.0123. The molecule has 0 radical (unpaired) electrons. The molecule has 0 spiro atoms. The van der Waals surface area contributed by atoms with Crippen LogP contribution in [0.25, 0.3) is 33.1 Å². The van der Waals surface area contributed by atoms with Crippen LogP contribution in [0.5, 0.6) is 11.9 Å². The highest BCUT2D eigenvalue weighted by Crippen LogP contribution is 2.52. The number of nitrogens with one attached hydrogen (secondary N) is 1. The van der Waals surface area contributed by atoms with Crippen molar-refractivity contribution in [3.8, 4) is 23.1 Å². The van der Waals surface area contributed by atoms with Crippen LogP contribution in [0.2, 0.25) is 5.02 Å². The molecule has 12 nitrogen and oxygen atoms in total. The number of rotatable bonds is 11. The van der Waals surface area contributed by atoms with E-state index >= 15 is 4.39 Å². The van der Waals surface area contributed by atoms with Gasteiger partial charge in [-0.25, -0.2) is 9.37 Å². The molecule has 0 bridgehead atoms. The summed E-state index contributed by atoms with van der Waals surface area (Å²) in [5.41, 5.74) is 1.06. The number of methoxy groups -OCH3 is 2. The average Bonchev–Trinajstić information content (AvgIpc) is 4.03. The molecule has 3 aromatic heterocycles. The summed E-state index contributed by atoms with van der Waals surface area (Å²) < 4.78 is 41.3. The third kappa shape index (κ3) is 6.49. The lowest BCUT2D eigenvalue weighted by Gasteiger charge is -2.46. The molecule has 9 rings (SSSR count). The summed E-state index contributed by atoms with van der Waals surface area (Å²) in [7, 11) is 3.30. The molecule has 1 aromatic carbocycles. The smallest absolute Gasteiger partial charge is 0.319 e. The molecule has 3 aliphatic carbocycles. The first kappa shape index (κ1) is 35.3. The summed E-state index contributed by atoms with van der Waals surface area (Å²) in [5.74, 6) is 1.48. The van der Waals surface area contributed by atoms with E-state index in [9.17, 15) is 5.11 Å². The number of anilines is 1. The van der Waals surface area contributed by atoms with Crippen LogP contribution in [0, 0.1) is 23.1 Å². The fourth-order valence-electron chi connectivity index (χ4n) is 9.69. The van der Waals surface area contributed by atoms with Crippen molar-refractivity contribution < 1.29 is 28.4 Å². The lowest BCUT2D eigenvalue weighted by atomic mass is 9.75. The fraction of sp³-hybridized carbons (Fsp3) is 0.641. The number of aliphatic hydroxyl groups is 1. The maximum Gasteiger partial charge on any atom is 0.319 e. The van der Waals surface area contributed by atoms with Crippen molar-refractivity contribution in [2.24, 2.45) is 17.3 Å². The van der Waals surface area contributed by atoms with Gasteiger partial charge in [-0.1, -0.05) is 18.0 Å². The molecular weight excluding hydrogens is 701 g/mol. The number of pyridine rings is 1. The number of ether oxygens (including phenoxy) is 4. The van der Waals surface area contributed by atoms with Gasteiger partial charge >= 0.3 is 6.01 Å². The van der Waals surface area contributed by atoms with Crippen LogP contribution in [-0.2, 0) is 9.47 Å². The highest BCUT2D eigenvalue weighted by molar-refractivity contribution is 6.33. The number of aromatic amines is 1. The monoisotopic (exact) mass is 749 g/mol. The van der Waals surface area contributed by atoms with Gasteiger partial charge in [0.1, 0.15) is 28.0 Å². The van der Waals surface area contributed by atoms with Crippen molar-refractivity contribution in [3.05, 3.63) is 28.7 Å². The summed E-state index contributed by atoms with van der Waals surface area (Å²) in [5, 5.41) is 20.1. The zero-order valence-corrected chi connectivity index (χ0v) is 31.6. The highest BCUT2D eigenvalue weighted by Gasteiger charge is 2.50. The van der Waals surface area contributed by atoms with Crippen molar-refractivity contribution in [3.63, 3.8) is 0 Å². The predicted molar refractivity (Wildman–Crippen MR) is 199 cm³/mol. The van der Waals surface area contributed by atoms with Crippen LogP contribution in [0.4, 0.5) is 10.2 Å². The second-order valence-electron chi connectivity index (χ2n) is 16.4. The summed E-state index contributed by atoms with van der Waals surface area (Å²) in [4.78, 5) is 19.3. The van der Waals surface area contributed by atoms with Crippen LogP contribution < -0.4 is 14.4 Å². The van der Waals surface area contributed by atoms with Crippen molar-refractivity contribution >= 4 is 39.2 Å². The summed E-state index contributed by atoms with van der Waals surface area (Å²) in [6.07, 6.45) is 10.4. The van der Waals surface area contributed by atoms with Crippen molar-refractivity contribution in [1.82, 2.24) is 30.0 Å². The number of H-pyrrole nitrogens is 1. The minimum Gasteiger partial charge on any atom is -0.480 e. The third-order valence-corrected chi connectivity index (χ3v) is 12.8. The molecule has 5 aliphatic rings. The minimum atomic E-state index is -1.17. The standard InChI is InChI=1S/C39H49ClFN7O5/c1-38(49)19-48(12-13-52-20-38)35-31-34(32(41)33(43-36(31)51-3)30-25-16-42-46-27(25)15-26(40)29(30)22-7-8-22)44-37(45-35)53-21-39-9-4-6-28(39)47(11-5-10-39)17-23-14-24(23)18-50-2/h15-16,22-24,28,49H,4-14,17-21H2,1-3H3,(H,42,46)/t23-,24-,28-,38+,39-/m1/s1. The first-order valence-electron chi connectivity index (χ1n) is 19.2. The molecule has 5 fully saturated rings. The largest absolute Gasteiger partial charge is 0.480 e. The number of halogens is 2. The molecular formula is C39H49ClFN7O5. The Labute approximate surface area is 313 Å². The molecule has 0 amide bonds. The summed E-state index contributed by atoms with van der Waals surface area (Å²) in [6, 6.07) is 2.37. The van der Waals surface area contributed by atoms with Gasteiger partial charge in [0.2, 0.25) is 5.88 Å². The van der Waals surface area contributed by atoms with E-state index in [1.165, 1.54) is 13.5 Å². The van der Waals surface area contributed by atoms with E-state index in [1.54, 1.807) is 20.2 Å². The van der Waals surface area contributed by atoms with Crippen LogP contribution in [0.15, 0.2) is 12.3 Å². The Kier molecular flexibility index (Phi) is 9.16. The molecule has 2 saturated heterocycles. The number of hydrogen-bond donors (Lipinski definition) is 2. The van der Waals surface area contributed by atoms with E-state index in [1.807, 2.05) is 11.0 Å². The maximum atomic E-state index is 17.5. The number of β-amino-alcohol motifs (C(OH)–C–C–N with tert-alkyl or cyclic N) is 1. The van der Waals surface area contributed by atoms with E-state index < -0.39 is 11.4 Å². The number of benzene rings is 1. The Hall–Kier alpha value is -3.36. The Morgan fingerprint density at radius 3 is 2.77 bits per heavy atom. The average molecular weight is 750 g/mol. The quantitative estimate of drug-likeness (QED) is 0.184. The Bertz CT molecular complexity index is 2030. The van der Waals surface area contributed by atoms with E-state index in [-0.39, 0.29) is 47.6 Å². The SMILES string of the molecule is COC[C@H]1C[C@@H]1CN1CCC[C@@]2(COc3nc(N4CCOC[C@@](C)(O)C4)c4c(OC)nc(-c5c(C6CC6)c(Cl)cc6[nH]ncc56)c(F)c4n3)CCC[C@@H]12. The van der Waals surface area contributed by atoms with E-state index in [0.29, 0.717) is 64.9 Å². The number of aromatic nitrogens is 5. The first-order valence-corrected chi connectivity index (χ1v) is 19.6. The van der Waals surface area contributed by atoms with Gasteiger partial charge in [-0.05, 0) is 87.8 Å². The summed E-state index contributed by atoms with van der Waals surface area (Å²) in [6.45, 7) is 6.34. The Balaban J connectivity index is 1.14. The van der Waals surface area contributed by atoms with Gasteiger partial charge < -0.3 is 29.0 Å².